The van der Waals surface area contributed by atoms with Crippen LogP contribution in [0.5, 0.6) is 0 Å². The number of benzene rings is 2. The third-order valence-corrected chi connectivity index (χ3v) is 5.54. The highest BCUT2D eigenvalue weighted by Crippen LogP contribution is 2.41. The lowest BCUT2D eigenvalue weighted by Crippen LogP contribution is -2.01. The van der Waals surface area contributed by atoms with Crippen LogP contribution >= 0.6 is 11.8 Å². The highest BCUT2D eigenvalue weighted by Gasteiger charge is 2.31. The molecule has 134 valence electrons. The van der Waals surface area contributed by atoms with Crippen molar-refractivity contribution in [2.24, 2.45) is 0 Å². The zero-order chi connectivity index (χ0) is 18.1. The van der Waals surface area contributed by atoms with E-state index in [1.165, 1.54) is 12.8 Å². The smallest absolute Gasteiger partial charge is 0.196 e. The van der Waals surface area contributed by atoms with Gasteiger partial charge in [0.05, 0.1) is 5.69 Å². The van der Waals surface area contributed by atoms with Gasteiger partial charge in [-0.15, -0.1) is 10.2 Å². The molecule has 1 aliphatic carbocycles. The minimum Gasteiger partial charge on any atom is -0.356 e. The molecule has 1 fully saturated rings. The zero-order valence-corrected chi connectivity index (χ0v) is 15.5. The lowest BCUT2D eigenvalue weighted by molar-refractivity contribution is 0.426. The van der Waals surface area contributed by atoms with Crippen molar-refractivity contribution in [3.8, 4) is 17.0 Å². The van der Waals surface area contributed by atoms with Gasteiger partial charge in [0.25, 0.3) is 0 Å². The van der Waals surface area contributed by atoms with Gasteiger partial charge in [-0.25, -0.2) is 0 Å². The Morgan fingerprint density at radius 2 is 1.70 bits per heavy atom. The van der Waals surface area contributed by atoms with Crippen LogP contribution in [0.3, 0.4) is 0 Å². The Labute approximate surface area is 161 Å². The van der Waals surface area contributed by atoms with Crippen molar-refractivity contribution in [3.05, 3.63) is 78.2 Å². The molecule has 2 aromatic carbocycles. The van der Waals surface area contributed by atoms with E-state index in [1.54, 1.807) is 11.8 Å². The van der Waals surface area contributed by atoms with E-state index in [9.17, 15) is 0 Å². The summed E-state index contributed by atoms with van der Waals surface area (Å²) in [5.74, 6) is 3.07. The summed E-state index contributed by atoms with van der Waals surface area (Å²) in [6.45, 7) is 0. The van der Waals surface area contributed by atoms with Gasteiger partial charge in [0.1, 0.15) is 5.82 Å². The monoisotopic (exact) mass is 374 g/mol. The average Bonchev–Trinajstić information content (AvgIpc) is 3.31. The van der Waals surface area contributed by atoms with Gasteiger partial charge < -0.3 is 4.52 Å². The van der Waals surface area contributed by atoms with Crippen molar-refractivity contribution in [2.45, 2.75) is 29.7 Å². The third kappa shape index (κ3) is 3.40. The Hall–Kier alpha value is -2.86. The molecule has 5 rings (SSSR count). The van der Waals surface area contributed by atoms with E-state index >= 15 is 0 Å². The zero-order valence-electron chi connectivity index (χ0n) is 14.7. The molecule has 0 saturated heterocycles. The molecule has 0 bridgehead atoms. The number of hydrogen-bond acceptors (Lipinski definition) is 5. The fourth-order valence-corrected chi connectivity index (χ4v) is 3.90. The number of para-hydroxylation sites is 1. The van der Waals surface area contributed by atoms with Crippen LogP contribution in [-0.2, 0) is 5.75 Å². The largest absolute Gasteiger partial charge is 0.356 e. The minimum atomic E-state index is 0.531. The molecule has 0 atom stereocenters. The van der Waals surface area contributed by atoms with Crippen molar-refractivity contribution in [1.82, 2.24) is 19.9 Å². The molecule has 27 heavy (non-hydrogen) atoms. The summed E-state index contributed by atoms with van der Waals surface area (Å²) in [5, 5.41) is 14.0. The summed E-state index contributed by atoms with van der Waals surface area (Å²) >= 11 is 1.64. The number of nitrogens with zero attached hydrogens (tertiary/aromatic N) is 4. The van der Waals surface area contributed by atoms with Crippen molar-refractivity contribution >= 4 is 11.8 Å². The van der Waals surface area contributed by atoms with Crippen LogP contribution in [0, 0.1) is 0 Å². The van der Waals surface area contributed by atoms with E-state index in [0.29, 0.717) is 11.7 Å². The van der Waals surface area contributed by atoms with Crippen molar-refractivity contribution in [2.75, 3.05) is 0 Å². The molecule has 0 unspecified atom stereocenters. The molecule has 2 aromatic heterocycles. The van der Waals surface area contributed by atoms with E-state index in [2.05, 4.69) is 32.1 Å². The molecule has 0 amide bonds. The van der Waals surface area contributed by atoms with E-state index in [1.807, 2.05) is 54.6 Å². The van der Waals surface area contributed by atoms with Crippen LogP contribution < -0.4 is 0 Å². The quantitative estimate of drug-likeness (QED) is 0.440. The van der Waals surface area contributed by atoms with E-state index in [4.69, 9.17) is 4.52 Å². The summed E-state index contributed by atoms with van der Waals surface area (Å²) in [7, 11) is 0. The summed E-state index contributed by atoms with van der Waals surface area (Å²) in [6, 6.07) is 22.3. The van der Waals surface area contributed by atoms with Crippen molar-refractivity contribution in [1.29, 1.82) is 0 Å². The summed E-state index contributed by atoms with van der Waals surface area (Å²) in [4.78, 5) is 0. The van der Waals surface area contributed by atoms with Gasteiger partial charge in [0, 0.05) is 29.0 Å². The van der Waals surface area contributed by atoms with Crippen LogP contribution in [0.15, 0.2) is 76.4 Å². The normalized spacial score (nSPS) is 13.8. The second-order valence-corrected chi connectivity index (χ2v) is 7.57. The first-order valence-electron chi connectivity index (χ1n) is 9.03. The molecular formula is C21H18N4OS. The maximum Gasteiger partial charge on any atom is 0.196 e. The number of rotatable bonds is 6. The Bertz CT molecular complexity index is 1040. The summed E-state index contributed by atoms with van der Waals surface area (Å²) in [5.41, 5.74) is 3.04. The van der Waals surface area contributed by atoms with E-state index in [0.717, 1.165) is 33.7 Å². The van der Waals surface area contributed by atoms with Crippen molar-refractivity contribution < 1.29 is 4.52 Å². The molecular weight excluding hydrogens is 356 g/mol. The van der Waals surface area contributed by atoms with Crippen LogP contribution in [0.1, 0.15) is 30.3 Å². The first-order valence-corrected chi connectivity index (χ1v) is 10.0. The highest BCUT2D eigenvalue weighted by atomic mass is 32.2. The standard InChI is InChI=1S/C21H18N4OS/c1-3-7-15(8-4-1)19-13-17(24-26-19)14-27-21-23-22-20(16-11-12-16)25(21)18-9-5-2-6-10-18/h1-10,13,16H,11-12,14H2. The maximum absolute atomic E-state index is 5.50. The topological polar surface area (TPSA) is 56.7 Å². The van der Waals surface area contributed by atoms with Crippen LogP contribution in [0.4, 0.5) is 0 Å². The van der Waals surface area contributed by atoms with Crippen LogP contribution in [0.25, 0.3) is 17.0 Å². The highest BCUT2D eigenvalue weighted by molar-refractivity contribution is 7.98. The number of aromatic nitrogens is 4. The Kier molecular flexibility index (Phi) is 4.26. The van der Waals surface area contributed by atoms with Gasteiger partial charge in [0.2, 0.25) is 0 Å². The molecule has 0 spiro atoms. The van der Waals surface area contributed by atoms with Crippen LogP contribution in [-0.4, -0.2) is 19.9 Å². The van der Waals surface area contributed by atoms with E-state index < -0.39 is 0 Å². The number of hydrogen-bond donors (Lipinski definition) is 0. The Morgan fingerprint density at radius 3 is 2.44 bits per heavy atom. The Balaban J connectivity index is 1.38. The van der Waals surface area contributed by atoms with Gasteiger partial charge in [-0.05, 0) is 25.0 Å². The molecule has 0 N–H and O–H groups in total. The van der Waals surface area contributed by atoms with Gasteiger partial charge >= 0.3 is 0 Å². The second-order valence-electron chi connectivity index (χ2n) is 6.62. The minimum absolute atomic E-state index is 0.531. The lowest BCUT2D eigenvalue weighted by Gasteiger charge is -2.09. The van der Waals surface area contributed by atoms with Gasteiger partial charge in [-0.3, -0.25) is 4.57 Å². The van der Waals surface area contributed by atoms with Crippen molar-refractivity contribution in [3.63, 3.8) is 0 Å². The molecule has 0 radical (unpaired) electrons. The molecule has 0 aliphatic heterocycles. The van der Waals surface area contributed by atoms with Gasteiger partial charge in [0.15, 0.2) is 10.9 Å². The predicted molar refractivity (Wildman–Crippen MR) is 105 cm³/mol. The first-order chi connectivity index (χ1) is 13.4. The lowest BCUT2D eigenvalue weighted by atomic mass is 10.2. The molecule has 4 aromatic rings. The summed E-state index contributed by atoms with van der Waals surface area (Å²) < 4.78 is 7.68. The number of thioether (sulfide) groups is 1. The SMILES string of the molecule is c1ccc(-c2cc(CSc3nnc(C4CC4)n3-c3ccccc3)no2)cc1. The molecule has 5 nitrogen and oxygen atoms in total. The molecule has 1 saturated carbocycles. The maximum atomic E-state index is 5.50. The van der Waals surface area contributed by atoms with Gasteiger partial charge in [-0.1, -0.05) is 65.4 Å². The first kappa shape index (κ1) is 16.3. The third-order valence-electron chi connectivity index (χ3n) is 4.58. The fraction of sp³-hybridized carbons (Fsp3) is 0.190. The molecule has 1 aliphatic rings. The summed E-state index contributed by atoms with van der Waals surface area (Å²) in [6.07, 6.45) is 2.39. The predicted octanol–water partition coefficient (Wildman–Crippen LogP) is 5.09. The molecule has 6 heteroatoms. The average molecular weight is 374 g/mol. The molecule has 2 heterocycles. The second kappa shape index (κ2) is 7.04. The fourth-order valence-electron chi connectivity index (χ4n) is 3.06. The van der Waals surface area contributed by atoms with Gasteiger partial charge in [-0.2, -0.15) is 0 Å². The van der Waals surface area contributed by atoms with E-state index in [-0.39, 0.29) is 0 Å². The Morgan fingerprint density at radius 1 is 0.963 bits per heavy atom. The van der Waals surface area contributed by atoms with Crippen LogP contribution in [0.2, 0.25) is 0 Å².